The van der Waals surface area contributed by atoms with Crippen LogP contribution in [0.1, 0.15) is 16.7 Å². The van der Waals surface area contributed by atoms with Crippen molar-refractivity contribution >= 4 is 29.3 Å². The molecule has 29 heavy (non-hydrogen) atoms. The lowest BCUT2D eigenvalue weighted by molar-refractivity contribution is -0.112. The Hall–Kier alpha value is -3.55. The molecule has 4 nitrogen and oxygen atoms in total. The SMILES string of the molecule is Cc1cccc(NC(=O)/C(C#N)=C\c2ccc(OCc3ccc(Cl)cc3)cc2)c1. The van der Waals surface area contributed by atoms with Gasteiger partial charge in [0.15, 0.2) is 0 Å². The summed E-state index contributed by atoms with van der Waals surface area (Å²) < 4.78 is 5.75. The van der Waals surface area contributed by atoms with Crippen LogP contribution < -0.4 is 10.1 Å². The first-order valence-electron chi connectivity index (χ1n) is 9.00. The quantitative estimate of drug-likeness (QED) is 0.420. The summed E-state index contributed by atoms with van der Waals surface area (Å²) in [4.78, 5) is 12.4. The van der Waals surface area contributed by atoms with Crippen molar-refractivity contribution < 1.29 is 9.53 Å². The zero-order valence-corrected chi connectivity index (χ0v) is 16.6. The van der Waals surface area contributed by atoms with E-state index >= 15 is 0 Å². The fourth-order valence-corrected chi connectivity index (χ4v) is 2.77. The maximum atomic E-state index is 12.4. The van der Waals surface area contributed by atoms with Gasteiger partial charge < -0.3 is 10.1 Å². The van der Waals surface area contributed by atoms with E-state index in [1.54, 1.807) is 36.4 Å². The highest BCUT2D eigenvalue weighted by Gasteiger charge is 2.09. The lowest BCUT2D eigenvalue weighted by Gasteiger charge is -2.07. The summed E-state index contributed by atoms with van der Waals surface area (Å²) >= 11 is 5.88. The molecule has 1 amide bonds. The number of nitrogens with zero attached hydrogens (tertiary/aromatic N) is 1. The minimum absolute atomic E-state index is 0.0290. The smallest absolute Gasteiger partial charge is 0.266 e. The van der Waals surface area contributed by atoms with Crippen LogP contribution >= 0.6 is 11.6 Å². The fourth-order valence-electron chi connectivity index (χ4n) is 2.64. The minimum Gasteiger partial charge on any atom is -0.489 e. The molecule has 144 valence electrons. The standard InChI is InChI=1S/C24H19ClN2O2/c1-17-3-2-4-22(13-17)27-24(28)20(15-26)14-18-7-11-23(12-8-18)29-16-19-5-9-21(25)10-6-19/h2-14H,16H2,1H3,(H,27,28)/b20-14-. The van der Waals surface area contributed by atoms with Crippen LogP contribution in [-0.4, -0.2) is 5.91 Å². The Morgan fingerprint density at radius 3 is 2.48 bits per heavy atom. The number of ether oxygens (including phenoxy) is 1. The van der Waals surface area contributed by atoms with Crippen LogP contribution in [0.3, 0.4) is 0 Å². The van der Waals surface area contributed by atoms with Gasteiger partial charge >= 0.3 is 0 Å². The molecule has 0 radical (unpaired) electrons. The molecule has 3 aromatic rings. The molecule has 0 aliphatic heterocycles. The predicted molar refractivity (Wildman–Crippen MR) is 116 cm³/mol. The van der Waals surface area contributed by atoms with Crippen molar-refractivity contribution in [3.63, 3.8) is 0 Å². The average Bonchev–Trinajstić information content (AvgIpc) is 2.72. The van der Waals surface area contributed by atoms with Gasteiger partial charge in [0.05, 0.1) is 0 Å². The van der Waals surface area contributed by atoms with E-state index in [-0.39, 0.29) is 5.57 Å². The number of anilines is 1. The average molecular weight is 403 g/mol. The van der Waals surface area contributed by atoms with Crippen molar-refractivity contribution in [3.05, 3.63) is 100 Å². The molecule has 1 N–H and O–H groups in total. The summed E-state index contributed by atoms with van der Waals surface area (Å²) in [7, 11) is 0. The Bertz CT molecular complexity index is 1070. The van der Waals surface area contributed by atoms with E-state index in [1.165, 1.54) is 0 Å². The molecule has 0 aromatic heterocycles. The summed E-state index contributed by atoms with van der Waals surface area (Å²) in [5.41, 5.74) is 3.46. The van der Waals surface area contributed by atoms with Crippen molar-refractivity contribution in [3.8, 4) is 11.8 Å². The molecular formula is C24H19ClN2O2. The van der Waals surface area contributed by atoms with E-state index in [9.17, 15) is 10.1 Å². The zero-order valence-electron chi connectivity index (χ0n) is 15.9. The molecule has 0 fully saturated rings. The third-order valence-corrected chi connectivity index (χ3v) is 4.40. The number of nitriles is 1. The Labute approximate surface area is 175 Å². The molecule has 0 saturated carbocycles. The van der Waals surface area contributed by atoms with Crippen LogP contribution in [0.5, 0.6) is 5.75 Å². The molecule has 5 heteroatoms. The van der Waals surface area contributed by atoms with E-state index in [1.807, 2.05) is 55.5 Å². The zero-order chi connectivity index (χ0) is 20.6. The van der Waals surface area contributed by atoms with Crippen LogP contribution in [0.2, 0.25) is 5.02 Å². The molecule has 0 bridgehead atoms. The van der Waals surface area contributed by atoms with Crippen LogP contribution in [-0.2, 0) is 11.4 Å². The third kappa shape index (κ3) is 5.97. The molecule has 0 unspecified atom stereocenters. The number of carbonyl (C=O) groups is 1. The number of aryl methyl sites for hydroxylation is 1. The highest BCUT2D eigenvalue weighted by atomic mass is 35.5. The van der Waals surface area contributed by atoms with E-state index in [0.717, 1.165) is 16.7 Å². The number of hydrogen-bond donors (Lipinski definition) is 1. The normalized spacial score (nSPS) is 10.9. The fraction of sp³-hybridized carbons (Fsp3) is 0.0833. The summed E-state index contributed by atoms with van der Waals surface area (Å²) in [6.45, 7) is 2.36. The first kappa shape index (κ1) is 20.2. The predicted octanol–water partition coefficient (Wildman–Crippen LogP) is 5.77. The monoisotopic (exact) mass is 402 g/mol. The number of amides is 1. The molecule has 0 saturated heterocycles. The van der Waals surface area contributed by atoms with Crippen molar-refractivity contribution in [1.29, 1.82) is 5.26 Å². The molecule has 3 aromatic carbocycles. The second-order valence-electron chi connectivity index (χ2n) is 6.48. The van der Waals surface area contributed by atoms with Gasteiger partial charge in [-0.2, -0.15) is 5.26 Å². The molecular weight excluding hydrogens is 384 g/mol. The number of benzene rings is 3. The summed E-state index contributed by atoms with van der Waals surface area (Å²) in [6, 6.07) is 24.0. The lowest BCUT2D eigenvalue weighted by Crippen LogP contribution is -2.13. The second-order valence-corrected chi connectivity index (χ2v) is 6.91. The highest BCUT2D eigenvalue weighted by molar-refractivity contribution is 6.30. The van der Waals surface area contributed by atoms with Gasteiger partial charge in [-0.3, -0.25) is 4.79 Å². The molecule has 0 spiro atoms. The lowest BCUT2D eigenvalue weighted by atomic mass is 10.1. The number of carbonyl (C=O) groups excluding carboxylic acids is 1. The van der Waals surface area contributed by atoms with Crippen molar-refractivity contribution in [2.75, 3.05) is 5.32 Å². The summed E-state index contributed by atoms with van der Waals surface area (Å²) in [5, 5.41) is 12.8. The molecule has 0 aliphatic carbocycles. The second kappa shape index (κ2) is 9.59. The van der Waals surface area contributed by atoms with Gasteiger partial charge in [-0.25, -0.2) is 0 Å². The Kier molecular flexibility index (Phi) is 6.67. The van der Waals surface area contributed by atoms with Crippen molar-refractivity contribution in [2.45, 2.75) is 13.5 Å². The molecule has 0 aliphatic rings. The Morgan fingerprint density at radius 1 is 1.10 bits per heavy atom. The summed E-state index contributed by atoms with van der Waals surface area (Å²) in [6.07, 6.45) is 1.55. The summed E-state index contributed by atoms with van der Waals surface area (Å²) in [5.74, 6) is 0.251. The molecule has 3 rings (SSSR count). The van der Waals surface area contributed by atoms with E-state index in [4.69, 9.17) is 16.3 Å². The third-order valence-electron chi connectivity index (χ3n) is 4.15. The van der Waals surface area contributed by atoms with E-state index in [2.05, 4.69) is 5.32 Å². The van der Waals surface area contributed by atoms with Gasteiger partial charge in [-0.15, -0.1) is 0 Å². The van der Waals surface area contributed by atoms with Crippen LogP contribution in [0, 0.1) is 18.3 Å². The first-order valence-corrected chi connectivity index (χ1v) is 9.38. The highest BCUT2D eigenvalue weighted by Crippen LogP contribution is 2.18. The Balaban J connectivity index is 1.64. The topological polar surface area (TPSA) is 62.1 Å². The van der Waals surface area contributed by atoms with Gasteiger partial charge in [-0.1, -0.05) is 48.0 Å². The van der Waals surface area contributed by atoms with Crippen molar-refractivity contribution in [1.82, 2.24) is 0 Å². The molecule has 0 atom stereocenters. The first-order chi connectivity index (χ1) is 14.0. The van der Waals surface area contributed by atoms with Gasteiger partial charge in [0.25, 0.3) is 5.91 Å². The largest absolute Gasteiger partial charge is 0.489 e. The maximum absolute atomic E-state index is 12.4. The van der Waals surface area contributed by atoms with Crippen molar-refractivity contribution in [2.24, 2.45) is 0 Å². The van der Waals surface area contributed by atoms with Gasteiger partial charge in [0.1, 0.15) is 24.0 Å². The number of halogens is 1. The van der Waals surface area contributed by atoms with Gasteiger partial charge in [0, 0.05) is 10.7 Å². The van der Waals surface area contributed by atoms with Gasteiger partial charge in [0.2, 0.25) is 0 Å². The van der Waals surface area contributed by atoms with E-state index in [0.29, 0.717) is 23.1 Å². The number of nitrogens with one attached hydrogen (secondary N) is 1. The van der Waals surface area contributed by atoms with E-state index < -0.39 is 5.91 Å². The van der Waals surface area contributed by atoms with Crippen LogP contribution in [0.25, 0.3) is 6.08 Å². The van der Waals surface area contributed by atoms with Crippen LogP contribution in [0.4, 0.5) is 5.69 Å². The molecule has 0 heterocycles. The van der Waals surface area contributed by atoms with Gasteiger partial charge in [-0.05, 0) is 66.1 Å². The van der Waals surface area contributed by atoms with Crippen LogP contribution in [0.15, 0.2) is 78.4 Å². The number of rotatable bonds is 6. The number of hydrogen-bond acceptors (Lipinski definition) is 3. The minimum atomic E-state index is -0.443. The Morgan fingerprint density at radius 2 is 1.83 bits per heavy atom. The maximum Gasteiger partial charge on any atom is 0.266 e.